The molecule has 2 heterocycles. The van der Waals surface area contributed by atoms with Crippen LogP contribution in [0.1, 0.15) is 61.0 Å². The molecule has 2 aliphatic carbocycles. The highest BCUT2D eigenvalue weighted by Crippen LogP contribution is 2.31. The first-order valence-electron chi connectivity index (χ1n) is 9.18. The van der Waals surface area contributed by atoms with E-state index >= 15 is 0 Å². The van der Waals surface area contributed by atoms with E-state index in [0.29, 0.717) is 12.5 Å². The molecule has 1 aliphatic heterocycles. The Kier molecular flexibility index (Phi) is 3.89. The number of imide groups is 1. The van der Waals surface area contributed by atoms with Crippen molar-refractivity contribution in [2.75, 3.05) is 0 Å². The smallest absolute Gasteiger partial charge is 0.288 e. The van der Waals surface area contributed by atoms with Gasteiger partial charge in [-0.3, -0.25) is 28.4 Å². The Balaban J connectivity index is 1.79. The maximum absolute atomic E-state index is 13.0. The molecule has 2 saturated carbocycles. The number of hydrogen-bond donors (Lipinski definition) is 0. The first kappa shape index (κ1) is 16.3. The van der Waals surface area contributed by atoms with Gasteiger partial charge in [-0.15, -0.1) is 0 Å². The van der Waals surface area contributed by atoms with Gasteiger partial charge in [0.05, 0.1) is 12.0 Å². The van der Waals surface area contributed by atoms with Crippen molar-refractivity contribution in [3.63, 3.8) is 0 Å². The van der Waals surface area contributed by atoms with E-state index in [0.717, 1.165) is 43.1 Å². The summed E-state index contributed by atoms with van der Waals surface area (Å²) in [6.07, 6.45) is 6.89. The zero-order valence-electron chi connectivity index (χ0n) is 14.5. The predicted octanol–water partition coefficient (Wildman–Crippen LogP) is 0.815. The van der Waals surface area contributed by atoms with Crippen molar-refractivity contribution < 1.29 is 9.59 Å². The summed E-state index contributed by atoms with van der Waals surface area (Å²) in [6.45, 7) is 0.429. The minimum absolute atomic E-state index is 0.0765. The van der Waals surface area contributed by atoms with Crippen molar-refractivity contribution in [1.29, 1.82) is 0 Å². The topological polar surface area (TPSA) is 81.4 Å². The lowest BCUT2D eigenvalue weighted by molar-refractivity contribution is -0.131. The average molecular weight is 345 g/mol. The SMILES string of the molecule is Cn1c(=O)c2c(n(CCC3CCC3)c1=O)C(=O)N(C1CCC1)C(=O)C2. The molecule has 2 amide bonds. The molecule has 0 aromatic carbocycles. The summed E-state index contributed by atoms with van der Waals surface area (Å²) in [5.41, 5.74) is -0.644. The molecule has 0 atom stereocenters. The second-order valence-corrected chi connectivity index (χ2v) is 7.54. The average Bonchev–Trinajstić information content (AvgIpc) is 2.49. The van der Waals surface area contributed by atoms with Crippen LogP contribution in [0.3, 0.4) is 0 Å². The fourth-order valence-corrected chi connectivity index (χ4v) is 4.01. The number of nitrogens with zero attached hydrogens (tertiary/aromatic N) is 3. The molecule has 1 aromatic heterocycles. The molecule has 3 aliphatic rings. The van der Waals surface area contributed by atoms with Crippen LogP contribution in [0.25, 0.3) is 0 Å². The maximum atomic E-state index is 13.0. The molecule has 0 bridgehead atoms. The normalized spacial score (nSPS) is 21.1. The van der Waals surface area contributed by atoms with Crippen LogP contribution in [0.4, 0.5) is 0 Å². The van der Waals surface area contributed by atoms with Crippen molar-refractivity contribution in [2.24, 2.45) is 13.0 Å². The summed E-state index contributed by atoms with van der Waals surface area (Å²) < 4.78 is 2.47. The summed E-state index contributed by atoms with van der Waals surface area (Å²) in [6, 6.07) is -0.0765. The molecule has 25 heavy (non-hydrogen) atoms. The minimum Gasteiger partial charge on any atom is -0.288 e. The molecule has 1 aromatic rings. The number of hydrogen-bond acceptors (Lipinski definition) is 4. The molecule has 7 nitrogen and oxygen atoms in total. The van der Waals surface area contributed by atoms with Crippen LogP contribution in [-0.4, -0.2) is 31.9 Å². The minimum atomic E-state index is -0.519. The Hall–Kier alpha value is -2.18. The van der Waals surface area contributed by atoms with Crippen LogP contribution < -0.4 is 11.2 Å². The van der Waals surface area contributed by atoms with Crippen molar-refractivity contribution >= 4 is 11.8 Å². The highest BCUT2D eigenvalue weighted by molar-refractivity contribution is 6.09. The van der Waals surface area contributed by atoms with E-state index in [4.69, 9.17) is 0 Å². The van der Waals surface area contributed by atoms with Gasteiger partial charge < -0.3 is 0 Å². The Morgan fingerprint density at radius 3 is 2.24 bits per heavy atom. The van der Waals surface area contributed by atoms with Gasteiger partial charge in [-0.25, -0.2) is 4.79 Å². The summed E-state index contributed by atoms with van der Waals surface area (Å²) in [4.78, 5) is 51.9. The number of carbonyl (C=O) groups excluding carboxylic acids is 2. The highest BCUT2D eigenvalue weighted by Gasteiger charge is 2.41. The third-order valence-corrected chi connectivity index (χ3v) is 6.08. The van der Waals surface area contributed by atoms with Crippen molar-refractivity contribution in [2.45, 2.75) is 64.0 Å². The first-order chi connectivity index (χ1) is 12.0. The molecule has 0 radical (unpaired) electrons. The van der Waals surface area contributed by atoms with Gasteiger partial charge in [0.15, 0.2) is 0 Å². The van der Waals surface area contributed by atoms with E-state index in [2.05, 4.69) is 0 Å². The van der Waals surface area contributed by atoms with Gasteiger partial charge in [0.2, 0.25) is 5.91 Å². The molecule has 4 rings (SSSR count). The zero-order chi connectivity index (χ0) is 17.7. The van der Waals surface area contributed by atoms with E-state index in [9.17, 15) is 19.2 Å². The number of rotatable bonds is 4. The monoisotopic (exact) mass is 345 g/mol. The fraction of sp³-hybridized carbons (Fsp3) is 0.667. The molecule has 0 spiro atoms. The molecule has 0 unspecified atom stereocenters. The van der Waals surface area contributed by atoms with E-state index in [1.165, 1.54) is 22.9 Å². The maximum Gasteiger partial charge on any atom is 0.331 e. The summed E-state index contributed by atoms with van der Waals surface area (Å²) in [7, 11) is 1.41. The predicted molar refractivity (Wildman–Crippen MR) is 90.4 cm³/mol. The lowest BCUT2D eigenvalue weighted by atomic mass is 9.83. The van der Waals surface area contributed by atoms with Gasteiger partial charge in [-0.1, -0.05) is 19.3 Å². The Bertz CT molecular complexity index is 858. The van der Waals surface area contributed by atoms with Crippen molar-refractivity contribution in [3.05, 3.63) is 32.1 Å². The molecule has 0 N–H and O–H groups in total. The quantitative estimate of drug-likeness (QED) is 0.757. The van der Waals surface area contributed by atoms with Gasteiger partial charge in [0.25, 0.3) is 11.5 Å². The highest BCUT2D eigenvalue weighted by atomic mass is 16.2. The summed E-state index contributed by atoms with van der Waals surface area (Å²) in [5.74, 6) is -0.189. The second kappa shape index (κ2) is 5.97. The Morgan fingerprint density at radius 2 is 1.68 bits per heavy atom. The number of amides is 2. The van der Waals surface area contributed by atoms with Crippen LogP contribution in [-0.2, 0) is 24.8 Å². The molecule has 134 valence electrons. The Morgan fingerprint density at radius 1 is 1.00 bits per heavy atom. The fourth-order valence-electron chi connectivity index (χ4n) is 4.01. The lowest BCUT2D eigenvalue weighted by Gasteiger charge is -2.39. The molecule has 2 fully saturated rings. The summed E-state index contributed by atoms with van der Waals surface area (Å²) >= 11 is 0. The summed E-state index contributed by atoms with van der Waals surface area (Å²) in [5, 5.41) is 0. The third kappa shape index (κ3) is 2.48. The van der Waals surface area contributed by atoms with Gasteiger partial charge >= 0.3 is 5.69 Å². The first-order valence-corrected chi connectivity index (χ1v) is 9.18. The molecular formula is C18H23N3O4. The molecule has 0 saturated heterocycles. The van der Waals surface area contributed by atoms with Gasteiger partial charge in [-0.2, -0.15) is 0 Å². The number of fused-ring (bicyclic) bond motifs is 1. The van der Waals surface area contributed by atoms with Crippen LogP contribution in [0.2, 0.25) is 0 Å². The van der Waals surface area contributed by atoms with Crippen LogP contribution in [0.5, 0.6) is 0 Å². The largest absolute Gasteiger partial charge is 0.331 e. The van der Waals surface area contributed by atoms with Crippen LogP contribution >= 0.6 is 0 Å². The van der Waals surface area contributed by atoms with Gasteiger partial charge in [0.1, 0.15) is 5.69 Å². The van der Waals surface area contributed by atoms with Crippen LogP contribution in [0, 0.1) is 5.92 Å². The third-order valence-electron chi connectivity index (χ3n) is 6.08. The zero-order valence-corrected chi connectivity index (χ0v) is 14.5. The van der Waals surface area contributed by atoms with Gasteiger partial charge in [-0.05, 0) is 31.6 Å². The van der Waals surface area contributed by atoms with Crippen LogP contribution in [0.15, 0.2) is 9.59 Å². The van der Waals surface area contributed by atoms with E-state index in [1.54, 1.807) is 0 Å². The molecule has 7 heteroatoms. The van der Waals surface area contributed by atoms with Crippen molar-refractivity contribution in [1.82, 2.24) is 14.0 Å². The van der Waals surface area contributed by atoms with E-state index in [1.807, 2.05) is 0 Å². The van der Waals surface area contributed by atoms with E-state index in [-0.39, 0.29) is 29.6 Å². The van der Waals surface area contributed by atoms with Gasteiger partial charge in [0, 0.05) is 19.6 Å². The Labute approximate surface area is 145 Å². The van der Waals surface area contributed by atoms with E-state index < -0.39 is 17.2 Å². The molecular weight excluding hydrogens is 322 g/mol. The second-order valence-electron chi connectivity index (χ2n) is 7.54. The number of aromatic nitrogens is 2. The number of carbonyl (C=O) groups is 2. The standard InChI is InChI=1S/C18H23N3O4/c1-19-16(23)13-10-14(22)21(12-6-3-7-12)17(24)15(13)20(18(19)25)9-8-11-4-2-5-11/h11-12H,2-10H2,1H3. The lowest BCUT2D eigenvalue weighted by Crippen LogP contribution is -2.56. The van der Waals surface area contributed by atoms with Crippen molar-refractivity contribution in [3.8, 4) is 0 Å².